The zero-order valence-electron chi connectivity index (χ0n) is 13.4. The average Bonchev–Trinajstić information content (AvgIpc) is 2.49. The lowest BCUT2D eigenvalue weighted by Crippen LogP contribution is -2.47. The van der Waals surface area contributed by atoms with E-state index in [2.05, 4.69) is 17.6 Å². The Hall–Kier alpha value is -1.26. The van der Waals surface area contributed by atoms with E-state index in [-0.39, 0.29) is 6.03 Å². The molecule has 3 N–H and O–H groups in total. The fourth-order valence-electron chi connectivity index (χ4n) is 2.96. The third kappa shape index (κ3) is 6.82. The Morgan fingerprint density at radius 1 is 1.14 bits per heavy atom. The van der Waals surface area contributed by atoms with Crippen molar-refractivity contribution in [1.29, 1.82) is 0 Å². The summed E-state index contributed by atoms with van der Waals surface area (Å²) >= 11 is 0. The van der Waals surface area contributed by atoms with Gasteiger partial charge in [-0.05, 0) is 31.1 Å². The number of carboxylic acids is 1. The minimum absolute atomic E-state index is 0.351. The normalized spacial score (nSPS) is 23.3. The molecule has 1 aliphatic rings. The summed E-state index contributed by atoms with van der Waals surface area (Å²) in [7, 11) is 0. The molecule has 0 heterocycles. The van der Waals surface area contributed by atoms with Crippen LogP contribution in [0, 0.1) is 11.8 Å². The molecule has 0 spiro atoms. The minimum atomic E-state index is -0.956. The largest absolute Gasteiger partial charge is 0.480 e. The van der Waals surface area contributed by atoms with Crippen molar-refractivity contribution in [2.24, 2.45) is 11.8 Å². The Morgan fingerprint density at radius 3 is 2.29 bits per heavy atom. The molecule has 1 unspecified atom stereocenters. The van der Waals surface area contributed by atoms with Crippen molar-refractivity contribution in [3.05, 3.63) is 0 Å². The van der Waals surface area contributed by atoms with Crippen molar-refractivity contribution in [2.75, 3.05) is 6.54 Å². The smallest absolute Gasteiger partial charge is 0.326 e. The van der Waals surface area contributed by atoms with Gasteiger partial charge in [-0.25, -0.2) is 9.59 Å². The Labute approximate surface area is 127 Å². The lowest BCUT2D eigenvalue weighted by atomic mass is 9.81. The van der Waals surface area contributed by atoms with E-state index in [1.54, 1.807) is 0 Å². The lowest BCUT2D eigenvalue weighted by Gasteiger charge is -2.28. The first-order chi connectivity index (χ1) is 10.1. The number of hydrogen-bond acceptors (Lipinski definition) is 2. The van der Waals surface area contributed by atoms with Gasteiger partial charge in [0.15, 0.2) is 0 Å². The summed E-state index contributed by atoms with van der Waals surface area (Å²) in [5.41, 5.74) is 0. The molecule has 0 bridgehead atoms. The van der Waals surface area contributed by atoms with Crippen molar-refractivity contribution in [3.8, 4) is 0 Å². The Morgan fingerprint density at radius 2 is 1.76 bits per heavy atom. The van der Waals surface area contributed by atoms with Crippen LogP contribution in [0.3, 0.4) is 0 Å². The van der Waals surface area contributed by atoms with Crippen LogP contribution in [0.2, 0.25) is 0 Å². The van der Waals surface area contributed by atoms with Gasteiger partial charge in [-0.2, -0.15) is 0 Å². The molecule has 5 heteroatoms. The molecule has 0 aromatic carbocycles. The van der Waals surface area contributed by atoms with Crippen LogP contribution in [0.4, 0.5) is 4.79 Å². The van der Waals surface area contributed by atoms with Crippen LogP contribution >= 0.6 is 0 Å². The fourth-order valence-corrected chi connectivity index (χ4v) is 2.96. The SMILES string of the molecule is CCCCC(NC(=O)NCC1CCC(CC)CC1)C(=O)O. The van der Waals surface area contributed by atoms with Crippen molar-refractivity contribution in [3.63, 3.8) is 0 Å². The number of urea groups is 1. The van der Waals surface area contributed by atoms with Gasteiger partial charge in [-0.1, -0.05) is 46.0 Å². The van der Waals surface area contributed by atoms with Crippen molar-refractivity contribution < 1.29 is 14.7 Å². The monoisotopic (exact) mass is 298 g/mol. The van der Waals surface area contributed by atoms with Gasteiger partial charge in [0.05, 0.1) is 0 Å². The minimum Gasteiger partial charge on any atom is -0.480 e. The van der Waals surface area contributed by atoms with Crippen LogP contribution in [-0.4, -0.2) is 29.7 Å². The molecule has 5 nitrogen and oxygen atoms in total. The molecule has 2 amide bonds. The molecular formula is C16H30N2O3. The highest BCUT2D eigenvalue weighted by Gasteiger charge is 2.22. The highest BCUT2D eigenvalue weighted by molar-refractivity contribution is 5.82. The van der Waals surface area contributed by atoms with Crippen LogP contribution in [0.5, 0.6) is 0 Å². The van der Waals surface area contributed by atoms with E-state index < -0.39 is 12.0 Å². The van der Waals surface area contributed by atoms with Gasteiger partial charge in [0.2, 0.25) is 0 Å². The maximum absolute atomic E-state index is 11.8. The number of carbonyl (C=O) groups is 2. The van der Waals surface area contributed by atoms with Crippen molar-refractivity contribution >= 4 is 12.0 Å². The van der Waals surface area contributed by atoms with E-state index in [0.29, 0.717) is 18.9 Å². The number of carbonyl (C=O) groups excluding carboxylic acids is 1. The highest BCUT2D eigenvalue weighted by Crippen LogP contribution is 2.29. The van der Waals surface area contributed by atoms with E-state index in [4.69, 9.17) is 5.11 Å². The maximum atomic E-state index is 11.8. The summed E-state index contributed by atoms with van der Waals surface area (Å²) in [4.78, 5) is 22.9. The van der Waals surface area contributed by atoms with E-state index in [1.165, 1.54) is 19.3 Å². The van der Waals surface area contributed by atoms with Gasteiger partial charge >= 0.3 is 12.0 Å². The van der Waals surface area contributed by atoms with E-state index in [9.17, 15) is 9.59 Å². The van der Waals surface area contributed by atoms with Gasteiger partial charge in [-0.15, -0.1) is 0 Å². The molecular weight excluding hydrogens is 268 g/mol. The van der Waals surface area contributed by atoms with Gasteiger partial charge in [0, 0.05) is 6.54 Å². The fraction of sp³-hybridized carbons (Fsp3) is 0.875. The lowest BCUT2D eigenvalue weighted by molar-refractivity contribution is -0.139. The summed E-state index contributed by atoms with van der Waals surface area (Å²) < 4.78 is 0. The molecule has 0 aromatic heterocycles. The number of amides is 2. The number of carboxylic acid groups (broad SMARTS) is 1. The first-order valence-corrected chi connectivity index (χ1v) is 8.33. The van der Waals surface area contributed by atoms with Crippen LogP contribution in [0.15, 0.2) is 0 Å². The van der Waals surface area contributed by atoms with E-state index in [0.717, 1.165) is 31.6 Å². The maximum Gasteiger partial charge on any atom is 0.326 e. The van der Waals surface area contributed by atoms with Gasteiger partial charge in [0.25, 0.3) is 0 Å². The van der Waals surface area contributed by atoms with Crippen LogP contribution in [0.25, 0.3) is 0 Å². The standard InChI is InChI=1S/C16H30N2O3/c1-3-5-6-14(15(19)20)18-16(21)17-11-13-9-7-12(4-2)8-10-13/h12-14H,3-11H2,1-2H3,(H,19,20)(H2,17,18,21). The van der Waals surface area contributed by atoms with Crippen molar-refractivity contribution in [2.45, 2.75) is 71.3 Å². The summed E-state index contributed by atoms with van der Waals surface area (Å²) in [5, 5.41) is 14.5. The second kappa shape index (κ2) is 9.64. The molecule has 1 rings (SSSR count). The molecule has 1 atom stereocenters. The average molecular weight is 298 g/mol. The quantitative estimate of drug-likeness (QED) is 0.644. The Balaban J connectivity index is 2.25. The summed E-state index contributed by atoms with van der Waals surface area (Å²) in [6, 6.07) is -1.13. The number of aliphatic carboxylic acids is 1. The predicted octanol–water partition coefficient (Wildman–Crippen LogP) is 3.15. The number of hydrogen-bond donors (Lipinski definition) is 3. The van der Waals surface area contributed by atoms with Gasteiger partial charge < -0.3 is 15.7 Å². The second-order valence-corrected chi connectivity index (χ2v) is 6.18. The molecule has 0 aromatic rings. The molecule has 0 aliphatic heterocycles. The molecule has 0 radical (unpaired) electrons. The summed E-state index contributed by atoms with van der Waals surface area (Å²) in [5.74, 6) is 0.431. The van der Waals surface area contributed by atoms with E-state index in [1.807, 2.05) is 6.92 Å². The molecule has 21 heavy (non-hydrogen) atoms. The number of rotatable bonds is 8. The second-order valence-electron chi connectivity index (χ2n) is 6.18. The van der Waals surface area contributed by atoms with Crippen LogP contribution in [-0.2, 0) is 4.79 Å². The number of unbranched alkanes of at least 4 members (excludes halogenated alkanes) is 1. The molecule has 122 valence electrons. The molecule has 0 saturated heterocycles. The van der Waals surface area contributed by atoms with Crippen molar-refractivity contribution in [1.82, 2.24) is 10.6 Å². The van der Waals surface area contributed by atoms with Gasteiger partial charge in [-0.3, -0.25) is 0 Å². The van der Waals surface area contributed by atoms with Gasteiger partial charge in [0.1, 0.15) is 6.04 Å². The zero-order valence-corrected chi connectivity index (χ0v) is 13.4. The first-order valence-electron chi connectivity index (χ1n) is 8.33. The van der Waals surface area contributed by atoms with Crippen LogP contribution < -0.4 is 10.6 Å². The topological polar surface area (TPSA) is 78.4 Å². The number of nitrogens with one attached hydrogen (secondary N) is 2. The van der Waals surface area contributed by atoms with E-state index >= 15 is 0 Å². The zero-order chi connectivity index (χ0) is 15.7. The summed E-state index contributed by atoms with van der Waals surface area (Å²) in [6.45, 7) is 4.90. The summed E-state index contributed by atoms with van der Waals surface area (Å²) in [6.07, 6.45) is 8.29. The third-order valence-corrected chi connectivity index (χ3v) is 4.54. The van der Waals surface area contributed by atoms with Crippen LogP contribution in [0.1, 0.15) is 65.2 Å². The molecule has 1 saturated carbocycles. The molecule has 1 fully saturated rings. The predicted molar refractivity (Wildman–Crippen MR) is 83.2 cm³/mol. The third-order valence-electron chi connectivity index (χ3n) is 4.54. The Bertz CT molecular complexity index is 325. The Kier molecular flexibility index (Phi) is 8.16. The highest BCUT2D eigenvalue weighted by atomic mass is 16.4. The molecule has 1 aliphatic carbocycles. The first kappa shape index (κ1) is 17.8.